The Balaban J connectivity index is 3.28. The van der Waals surface area contributed by atoms with Crippen molar-refractivity contribution in [1.29, 1.82) is 0 Å². The maximum atomic E-state index is 11.0. The third kappa shape index (κ3) is 21.4. The third-order valence-electron chi connectivity index (χ3n) is 5.80. The van der Waals surface area contributed by atoms with Gasteiger partial charge in [-0.05, 0) is 12.8 Å². The summed E-state index contributed by atoms with van der Waals surface area (Å²) in [5, 5.41) is 17.7. The molecule has 0 aliphatic carbocycles. The zero-order chi connectivity index (χ0) is 22.3. The highest BCUT2D eigenvalue weighted by atomic mass is 16.4. The lowest BCUT2D eigenvalue weighted by molar-refractivity contribution is -0.146. The highest BCUT2D eigenvalue weighted by Gasteiger charge is 2.17. The summed E-state index contributed by atoms with van der Waals surface area (Å²) in [5.41, 5.74) is 0. The van der Waals surface area contributed by atoms with Crippen molar-refractivity contribution >= 4 is 11.9 Å². The fourth-order valence-electron chi connectivity index (χ4n) is 3.85. The van der Waals surface area contributed by atoms with E-state index in [1.54, 1.807) is 0 Å². The molecule has 0 saturated heterocycles. The lowest BCUT2D eigenvalue weighted by Gasteiger charge is -2.04. The van der Waals surface area contributed by atoms with Gasteiger partial charge in [-0.15, -0.1) is 0 Å². The summed E-state index contributed by atoms with van der Waals surface area (Å²) < 4.78 is 0. The predicted molar refractivity (Wildman–Crippen MR) is 126 cm³/mol. The summed E-state index contributed by atoms with van der Waals surface area (Å²) in [7, 11) is 0. The molecule has 2 N–H and O–H groups in total. The normalized spacial score (nSPS) is 12.4. The average Bonchev–Trinajstić information content (AvgIpc) is 2.71. The van der Waals surface area contributed by atoms with E-state index in [-0.39, 0.29) is 6.42 Å². The van der Waals surface area contributed by atoms with E-state index < -0.39 is 17.9 Å². The molecule has 0 radical (unpaired) electrons. The molecule has 0 aliphatic heterocycles. The molecule has 1 unspecified atom stereocenters. The van der Waals surface area contributed by atoms with Crippen LogP contribution in [0.3, 0.4) is 0 Å². The van der Waals surface area contributed by atoms with Gasteiger partial charge in [0.2, 0.25) is 0 Å². The first kappa shape index (κ1) is 28.7. The van der Waals surface area contributed by atoms with Crippen molar-refractivity contribution in [2.75, 3.05) is 0 Å². The van der Waals surface area contributed by atoms with Crippen molar-refractivity contribution in [3.05, 3.63) is 12.2 Å². The number of carboxylic acids is 2. The maximum Gasteiger partial charge on any atom is 0.310 e. The first-order valence-electron chi connectivity index (χ1n) is 12.7. The molecule has 1 atom stereocenters. The van der Waals surface area contributed by atoms with Crippen LogP contribution in [0.25, 0.3) is 0 Å². The molecule has 0 aromatic carbocycles. The number of carbonyl (C=O) groups is 2. The summed E-state index contributed by atoms with van der Waals surface area (Å²) in [6.07, 6.45) is 28.2. The van der Waals surface area contributed by atoms with E-state index in [0.29, 0.717) is 0 Å². The molecule has 0 spiro atoms. The SMILES string of the molecule is CCCCCCCCCCCCCCCCCCCCC=CC(CC(=O)O)C(=O)O. The van der Waals surface area contributed by atoms with Crippen LogP contribution in [-0.2, 0) is 9.59 Å². The molecule has 0 fully saturated rings. The second-order valence-electron chi connectivity index (χ2n) is 8.77. The molecular formula is C26H48O4. The van der Waals surface area contributed by atoms with Gasteiger partial charge in [-0.1, -0.05) is 128 Å². The maximum absolute atomic E-state index is 11.0. The van der Waals surface area contributed by atoms with Gasteiger partial charge in [-0.2, -0.15) is 0 Å². The molecule has 4 heteroatoms. The monoisotopic (exact) mass is 424 g/mol. The number of hydrogen-bond donors (Lipinski definition) is 2. The van der Waals surface area contributed by atoms with Gasteiger partial charge >= 0.3 is 11.9 Å². The summed E-state index contributed by atoms with van der Waals surface area (Å²) in [4.78, 5) is 21.6. The highest BCUT2D eigenvalue weighted by Crippen LogP contribution is 2.15. The Hall–Kier alpha value is -1.32. The lowest BCUT2D eigenvalue weighted by atomic mass is 10.0. The van der Waals surface area contributed by atoms with Gasteiger partial charge in [0.1, 0.15) is 0 Å². The summed E-state index contributed by atoms with van der Waals surface area (Å²) in [5.74, 6) is -3.04. The van der Waals surface area contributed by atoms with Crippen LogP contribution in [0.5, 0.6) is 0 Å². The number of rotatable bonds is 23. The Labute approximate surface area is 185 Å². The molecule has 0 aromatic heterocycles. The largest absolute Gasteiger partial charge is 0.481 e. The quantitative estimate of drug-likeness (QED) is 0.128. The van der Waals surface area contributed by atoms with E-state index in [9.17, 15) is 9.59 Å². The van der Waals surface area contributed by atoms with Gasteiger partial charge in [0, 0.05) is 0 Å². The summed E-state index contributed by atoms with van der Waals surface area (Å²) >= 11 is 0. The van der Waals surface area contributed by atoms with Crippen molar-refractivity contribution in [3.8, 4) is 0 Å². The van der Waals surface area contributed by atoms with Crippen LogP contribution in [0, 0.1) is 5.92 Å². The number of allylic oxidation sites excluding steroid dienone is 1. The topological polar surface area (TPSA) is 74.6 Å². The molecule has 30 heavy (non-hydrogen) atoms. The van der Waals surface area contributed by atoms with Gasteiger partial charge in [-0.3, -0.25) is 9.59 Å². The van der Waals surface area contributed by atoms with E-state index >= 15 is 0 Å². The lowest BCUT2D eigenvalue weighted by Crippen LogP contribution is -2.15. The molecule has 0 heterocycles. The standard InChI is InChI=1S/C26H48O4/c1-2-3-4-5-6-7-8-9-10-11-12-13-14-15-16-17-18-19-20-21-22-24(26(29)30)23-25(27)28/h21-22,24H,2-20,23H2,1H3,(H,27,28)(H,29,30). The zero-order valence-electron chi connectivity index (χ0n) is 19.6. The fraction of sp³-hybridized carbons (Fsp3) is 0.846. The van der Waals surface area contributed by atoms with E-state index in [1.165, 1.54) is 115 Å². The summed E-state index contributed by atoms with van der Waals surface area (Å²) in [6.45, 7) is 2.27. The van der Waals surface area contributed by atoms with E-state index in [2.05, 4.69) is 6.92 Å². The molecule has 0 rings (SSSR count). The number of aliphatic carboxylic acids is 2. The molecule has 0 bridgehead atoms. The van der Waals surface area contributed by atoms with E-state index in [0.717, 1.165) is 12.8 Å². The molecule has 0 amide bonds. The molecule has 0 aromatic rings. The Morgan fingerprint density at radius 3 is 1.33 bits per heavy atom. The molecule has 0 saturated carbocycles. The molecule has 4 nitrogen and oxygen atoms in total. The van der Waals surface area contributed by atoms with Crippen LogP contribution in [0.1, 0.15) is 135 Å². The van der Waals surface area contributed by atoms with Crippen LogP contribution < -0.4 is 0 Å². The number of hydrogen-bond acceptors (Lipinski definition) is 2. The van der Waals surface area contributed by atoms with E-state index in [4.69, 9.17) is 10.2 Å². The van der Waals surface area contributed by atoms with Crippen LogP contribution >= 0.6 is 0 Å². The van der Waals surface area contributed by atoms with Crippen LogP contribution in [-0.4, -0.2) is 22.2 Å². The van der Waals surface area contributed by atoms with Crippen molar-refractivity contribution in [2.24, 2.45) is 5.92 Å². The summed E-state index contributed by atoms with van der Waals surface area (Å²) in [6, 6.07) is 0. The van der Waals surface area contributed by atoms with Gasteiger partial charge in [0.15, 0.2) is 0 Å². The van der Waals surface area contributed by atoms with Crippen molar-refractivity contribution < 1.29 is 19.8 Å². The minimum atomic E-state index is -1.07. The highest BCUT2D eigenvalue weighted by molar-refractivity contribution is 5.79. The van der Waals surface area contributed by atoms with Crippen molar-refractivity contribution in [1.82, 2.24) is 0 Å². The van der Waals surface area contributed by atoms with E-state index in [1.807, 2.05) is 6.08 Å². The van der Waals surface area contributed by atoms with Gasteiger partial charge in [-0.25, -0.2) is 0 Å². The number of unbranched alkanes of at least 4 members (excludes halogenated alkanes) is 18. The fourth-order valence-corrected chi connectivity index (χ4v) is 3.85. The first-order chi connectivity index (χ1) is 14.6. The zero-order valence-corrected chi connectivity index (χ0v) is 19.6. The Bertz CT molecular complexity index is 431. The smallest absolute Gasteiger partial charge is 0.310 e. The second kappa shape index (κ2) is 22.4. The molecule has 176 valence electrons. The minimum absolute atomic E-state index is 0.342. The van der Waals surface area contributed by atoms with Crippen LogP contribution in [0.15, 0.2) is 12.2 Å². The van der Waals surface area contributed by atoms with Gasteiger partial charge in [0.25, 0.3) is 0 Å². The minimum Gasteiger partial charge on any atom is -0.481 e. The predicted octanol–water partition coefficient (Wildman–Crippen LogP) is 8.15. The average molecular weight is 425 g/mol. The third-order valence-corrected chi connectivity index (χ3v) is 5.80. The Morgan fingerprint density at radius 2 is 1.00 bits per heavy atom. The van der Waals surface area contributed by atoms with Gasteiger partial charge < -0.3 is 10.2 Å². The molecular weight excluding hydrogens is 376 g/mol. The number of carboxylic acid groups (broad SMARTS) is 2. The Morgan fingerprint density at radius 1 is 0.633 bits per heavy atom. The van der Waals surface area contributed by atoms with Crippen molar-refractivity contribution in [2.45, 2.75) is 135 Å². The van der Waals surface area contributed by atoms with Crippen LogP contribution in [0.2, 0.25) is 0 Å². The van der Waals surface area contributed by atoms with Crippen molar-refractivity contribution in [3.63, 3.8) is 0 Å². The first-order valence-corrected chi connectivity index (χ1v) is 12.7. The second-order valence-corrected chi connectivity index (χ2v) is 8.77. The van der Waals surface area contributed by atoms with Crippen LogP contribution in [0.4, 0.5) is 0 Å². The molecule has 0 aliphatic rings. The Kier molecular flexibility index (Phi) is 21.4. The van der Waals surface area contributed by atoms with Gasteiger partial charge in [0.05, 0.1) is 12.3 Å².